The van der Waals surface area contributed by atoms with Crippen molar-refractivity contribution >= 4 is 24.0 Å². The fourth-order valence-electron chi connectivity index (χ4n) is 2.03. The molecule has 1 aromatic rings. The molecule has 112 valence electrons. The minimum Gasteiger partial charge on any atom is -0.384 e. The number of carbonyl (C=O) groups is 1. The molecule has 0 unspecified atom stereocenters. The molecule has 0 radical (unpaired) electrons. The summed E-state index contributed by atoms with van der Waals surface area (Å²) < 4.78 is 10.1. The van der Waals surface area contributed by atoms with E-state index in [9.17, 15) is 4.79 Å². The van der Waals surface area contributed by atoms with E-state index in [2.05, 4.69) is 10.6 Å². The van der Waals surface area contributed by atoms with E-state index in [1.54, 1.807) is 7.11 Å². The summed E-state index contributed by atoms with van der Waals surface area (Å²) in [6, 6.07) is 5.76. The predicted octanol–water partition coefficient (Wildman–Crippen LogP) is 1.47. The lowest BCUT2D eigenvalue weighted by Gasteiger charge is -2.07. The molecule has 0 fully saturated rings. The van der Waals surface area contributed by atoms with E-state index < -0.39 is 0 Å². The van der Waals surface area contributed by atoms with E-state index in [4.69, 9.17) is 9.47 Å². The molecular formula is C14H21ClN2O3. The van der Waals surface area contributed by atoms with Crippen LogP contribution in [-0.4, -0.2) is 45.9 Å². The van der Waals surface area contributed by atoms with Gasteiger partial charge in [0, 0.05) is 31.5 Å². The van der Waals surface area contributed by atoms with E-state index in [0.29, 0.717) is 31.9 Å². The molecule has 0 saturated heterocycles. The third kappa shape index (κ3) is 4.67. The van der Waals surface area contributed by atoms with Crippen LogP contribution in [0.2, 0.25) is 0 Å². The molecule has 0 bridgehead atoms. The number of methoxy groups -OCH3 is 1. The average Bonchev–Trinajstić information content (AvgIpc) is 2.89. The topological polar surface area (TPSA) is 59.6 Å². The Morgan fingerprint density at radius 2 is 2.20 bits per heavy atom. The highest BCUT2D eigenvalue weighted by Crippen LogP contribution is 2.22. The number of carbonyl (C=O) groups excluding carboxylic acids is 1. The van der Waals surface area contributed by atoms with Gasteiger partial charge in [-0.25, -0.2) is 0 Å². The van der Waals surface area contributed by atoms with Gasteiger partial charge in [-0.3, -0.25) is 4.79 Å². The number of benzene rings is 1. The molecule has 2 rings (SSSR count). The highest BCUT2D eigenvalue weighted by atomic mass is 35.5. The summed E-state index contributed by atoms with van der Waals surface area (Å²) >= 11 is 0. The molecule has 0 spiro atoms. The molecule has 1 heterocycles. The number of amides is 1. The standard InChI is InChI=1S/C14H20N2O3.ClH/c1-18-8-9-19-7-6-16-14(17)12-2-3-13-11(10-12)4-5-15-13;/h2-3,10,15H,4-9H2,1H3,(H,16,17);1H. The first-order valence-electron chi connectivity index (χ1n) is 6.53. The van der Waals surface area contributed by atoms with Gasteiger partial charge in [0.2, 0.25) is 0 Å². The van der Waals surface area contributed by atoms with Crippen molar-refractivity contribution in [2.24, 2.45) is 0 Å². The number of hydrogen-bond donors (Lipinski definition) is 2. The largest absolute Gasteiger partial charge is 0.384 e. The van der Waals surface area contributed by atoms with E-state index in [1.807, 2.05) is 18.2 Å². The van der Waals surface area contributed by atoms with Gasteiger partial charge in [0.1, 0.15) is 0 Å². The number of anilines is 1. The van der Waals surface area contributed by atoms with Crippen LogP contribution in [-0.2, 0) is 15.9 Å². The van der Waals surface area contributed by atoms with Gasteiger partial charge >= 0.3 is 0 Å². The van der Waals surface area contributed by atoms with Crippen LogP contribution in [0.4, 0.5) is 5.69 Å². The minimum absolute atomic E-state index is 0. The lowest BCUT2D eigenvalue weighted by molar-refractivity contribution is 0.0692. The van der Waals surface area contributed by atoms with Crippen LogP contribution < -0.4 is 10.6 Å². The van der Waals surface area contributed by atoms with Crippen molar-refractivity contribution in [1.82, 2.24) is 5.32 Å². The maximum absolute atomic E-state index is 11.9. The number of halogens is 1. The zero-order valence-electron chi connectivity index (χ0n) is 11.6. The Bertz CT molecular complexity index is 440. The molecule has 1 aliphatic heterocycles. The van der Waals surface area contributed by atoms with Crippen LogP contribution in [0.25, 0.3) is 0 Å². The van der Waals surface area contributed by atoms with Gasteiger partial charge in [-0.15, -0.1) is 12.4 Å². The Kier molecular flexibility index (Phi) is 7.36. The van der Waals surface area contributed by atoms with Crippen LogP contribution in [0.3, 0.4) is 0 Å². The number of hydrogen-bond acceptors (Lipinski definition) is 4. The van der Waals surface area contributed by atoms with Crippen molar-refractivity contribution in [3.8, 4) is 0 Å². The first kappa shape index (κ1) is 16.8. The van der Waals surface area contributed by atoms with Crippen molar-refractivity contribution in [3.05, 3.63) is 29.3 Å². The van der Waals surface area contributed by atoms with Gasteiger partial charge in [-0.05, 0) is 30.2 Å². The highest BCUT2D eigenvalue weighted by molar-refractivity contribution is 5.95. The average molecular weight is 301 g/mol. The second kappa shape index (κ2) is 8.79. The van der Waals surface area contributed by atoms with E-state index >= 15 is 0 Å². The van der Waals surface area contributed by atoms with Gasteiger partial charge in [0.15, 0.2) is 0 Å². The minimum atomic E-state index is -0.0509. The summed E-state index contributed by atoms with van der Waals surface area (Å²) in [6.07, 6.45) is 0.983. The summed E-state index contributed by atoms with van der Waals surface area (Å²) in [7, 11) is 1.63. The summed E-state index contributed by atoms with van der Waals surface area (Å²) in [5.41, 5.74) is 3.06. The number of rotatable bonds is 7. The van der Waals surface area contributed by atoms with Crippen molar-refractivity contribution < 1.29 is 14.3 Å². The molecule has 0 aromatic heterocycles. The lowest BCUT2D eigenvalue weighted by Crippen LogP contribution is -2.27. The van der Waals surface area contributed by atoms with Crippen LogP contribution in [0, 0.1) is 0 Å². The Labute approximate surface area is 125 Å². The summed E-state index contributed by atoms with van der Waals surface area (Å²) in [5.74, 6) is -0.0509. The van der Waals surface area contributed by atoms with Crippen LogP contribution in [0.1, 0.15) is 15.9 Å². The normalized spacial score (nSPS) is 12.2. The summed E-state index contributed by atoms with van der Waals surface area (Å²) in [6.45, 7) is 3.09. The first-order valence-corrected chi connectivity index (χ1v) is 6.53. The smallest absolute Gasteiger partial charge is 0.251 e. The van der Waals surface area contributed by atoms with Crippen LogP contribution in [0.15, 0.2) is 18.2 Å². The van der Waals surface area contributed by atoms with Crippen molar-refractivity contribution in [2.45, 2.75) is 6.42 Å². The molecule has 1 aliphatic rings. The van der Waals surface area contributed by atoms with E-state index in [-0.39, 0.29) is 18.3 Å². The number of ether oxygens (including phenoxy) is 2. The fourth-order valence-corrected chi connectivity index (χ4v) is 2.03. The zero-order valence-corrected chi connectivity index (χ0v) is 12.4. The number of fused-ring (bicyclic) bond motifs is 1. The van der Waals surface area contributed by atoms with E-state index in [0.717, 1.165) is 18.7 Å². The molecule has 2 N–H and O–H groups in total. The van der Waals surface area contributed by atoms with Crippen molar-refractivity contribution in [2.75, 3.05) is 45.3 Å². The summed E-state index contributed by atoms with van der Waals surface area (Å²) in [5, 5.41) is 6.12. The van der Waals surface area contributed by atoms with Crippen LogP contribution in [0.5, 0.6) is 0 Å². The second-order valence-corrected chi connectivity index (χ2v) is 4.41. The van der Waals surface area contributed by atoms with Gasteiger partial charge in [-0.1, -0.05) is 0 Å². The van der Waals surface area contributed by atoms with Gasteiger partial charge in [-0.2, -0.15) is 0 Å². The maximum Gasteiger partial charge on any atom is 0.251 e. The quantitative estimate of drug-likeness (QED) is 0.749. The first-order chi connectivity index (χ1) is 9.31. The van der Waals surface area contributed by atoms with Crippen LogP contribution >= 0.6 is 12.4 Å². The van der Waals surface area contributed by atoms with Gasteiger partial charge < -0.3 is 20.1 Å². The molecule has 1 aromatic carbocycles. The Hall–Kier alpha value is -1.30. The highest BCUT2D eigenvalue weighted by Gasteiger charge is 2.12. The second-order valence-electron chi connectivity index (χ2n) is 4.41. The molecule has 5 nitrogen and oxygen atoms in total. The Morgan fingerprint density at radius 3 is 3.00 bits per heavy atom. The molecular weight excluding hydrogens is 280 g/mol. The van der Waals surface area contributed by atoms with Crippen molar-refractivity contribution in [3.63, 3.8) is 0 Å². The maximum atomic E-state index is 11.9. The fraction of sp³-hybridized carbons (Fsp3) is 0.500. The summed E-state index contributed by atoms with van der Waals surface area (Å²) in [4.78, 5) is 11.9. The monoisotopic (exact) mass is 300 g/mol. The third-order valence-electron chi connectivity index (χ3n) is 3.04. The van der Waals surface area contributed by atoms with Gasteiger partial charge in [0.05, 0.1) is 19.8 Å². The Morgan fingerprint density at radius 1 is 1.35 bits per heavy atom. The SMILES string of the molecule is COCCOCCNC(=O)c1ccc2c(c1)CCN2.Cl. The molecule has 0 aliphatic carbocycles. The zero-order chi connectivity index (χ0) is 13.5. The molecule has 1 amide bonds. The number of nitrogens with one attached hydrogen (secondary N) is 2. The third-order valence-corrected chi connectivity index (χ3v) is 3.04. The molecule has 0 saturated carbocycles. The van der Waals surface area contributed by atoms with E-state index in [1.165, 1.54) is 5.56 Å². The Balaban J connectivity index is 0.00000200. The molecule has 0 atom stereocenters. The predicted molar refractivity (Wildman–Crippen MR) is 80.9 cm³/mol. The molecule has 6 heteroatoms. The van der Waals surface area contributed by atoms with Gasteiger partial charge in [0.25, 0.3) is 5.91 Å². The lowest BCUT2D eigenvalue weighted by atomic mass is 10.1. The van der Waals surface area contributed by atoms with Crippen molar-refractivity contribution in [1.29, 1.82) is 0 Å². The molecule has 20 heavy (non-hydrogen) atoms.